The van der Waals surface area contributed by atoms with Crippen molar-refractivity contribution in [1.82, 2.24) is 14.9 Å². The van der Waals surface area contributed by atoms with E-state index < -0.39 is 6.09 Å². The van der Waals surface area contributed by atoms with E-state index in [2.05, 4.69) is 21.8 Å². The number of hydrogen-bond donors (Lipinski definition) is 1. The highest BCUT2D eigenvalue weighted by Crippen LogP contribution is 2.28. The number of aromatic nitrogens is 2. The summed E-state index contributed by atoms with van der Waals surface area (Å²) in [5.41, 5.74) is 1.50. The Labute approximate surface area is 166 Å². The van der Waals surface area contributed by atoms with Gasteiger partial charge in [0.2, 0.25) is 0 Å². The van der Waals surface area contributed by atoms with Crippen LogP contribution in [0.15, 0.2) is 29.6 Å². The Morgan fingerprint density at radius 2 is 1.67 bits per heavy atom. The fourth-order valence-corrected chi connectivity index (χ4v) is 3.44. The number of para-hydroxylation sites is 1. The molecule has 0 aliphatic heterocycles. The molecule has 0 aliphatic carbocycles. The van der Waals surface area contributed by atoms with E-state index in [1.54, 1.807) is 6.07 Å². The van der Waals surface area contributed by atoms with Crippen molar-refractivity contribution in [3.05, 3.63) is 29.6 Å². The van der Waals surface area contributed by atoms with Crippen molar-refractivity contribution in [3.63, 3.8) is 0 Å². The summed E-state index contributed by atoms with van der Waals surface area (Å²) in [6.45, 7) is 2.90. The van der Waals surface area contributed by atoms with Gasteiger partial charge in [0, 0.05) is 17.5 Å². The molecule has 1 heterocycles. The van der Waals surface area contributed by atoms with Crippen LogP contribution in [0.1, 0.15) is 71.1 Å². The monoisotopic (exact) mass is 389 g/mol. The summed E-state index contributed by atoms with van der Waals surface area (Å²) < 4.78 is 9.31. The largest absolute Gasteiger partial charge is 0.412 e. The third-order valence-corrected chi connectivity index (χ3v) is 5.03. The van der Waals surface area contributed by atoms with Crippen LogP contribution in [0.4, 0.5) is 4.79 Å². The molecule has 1 aromatic heterocycles. The van der Waals surface area contributed by atoms with Crippen molar-refractivity contribution in [2.24, 2.45) is 0 Å². The SMILES string of the molecule is CCCCCCCCCCCCNC(=O)Oc1ccccc1-c1csnn1. The van der Waals surface area contributed by atoms with Crippen molar-refractivity contribution in [2.45, 2.75) is 71.1 Å². The molecule has 0 atom stereocenters. The Morgan fingerprint density at radius 3 is 2.33 bits per heavy atom. The average molecular weight is 390 g/mol. The van der Waals surface area contributed by atoms with Gasteiger partial charge in [-0.15, -0.1) is 5.10 Å². The number of amides is 1. The highest BCUT2D eigenvalue weighted by Gasteiger charge is 2.11. The summed E-state index contributed by atoms with van der Waals surface area (Å²) in [6.07, 6.45) is 12.4. The Balaban J connectivity index is 1.56. The number of nitrogens with one attached hydrogen (secondary N) is 1. The third kappa shape index (κ3) is 8.52. The molecule has 2 aromatic rings. The van der Waals surface area contributed by atoms with Crippen LogP contribution in [-0.2, 0) is 0 Å². The normalized spacial score (nSPS) is 10.7. The predicted octanol–water partition coefficient (Wildman–Crippen LogP) is 6.21. The lowest BCUT2D eigenvalue weighted by Gasteiger charge is -2.09. The Bertz CT molecular complexity index is 647. The Hall–Kier alpha value is -1.95. The number of benzene rings is 1. The molecule has 1 N–H and O–H groups in total. The minimum Gasteiger partial charge on any atom is -0.410 e. The van der Waals surface area contributed by atoms with E-state index in [4.69, 9.17) is 4.74 Å². The second-order valence-corrected chi connectivity index (χ2v) is 7.39. The van der Waals surface area contributed by atoms with Crippen molar-refractivity contribution < 1.29 is 9.53 Å². The van der Waals surface area contributed by atoms with Gasteiger partial charge < -0.3 is 10.1 Å². The Morgan fingerprint density at radius 1 is 1.00 bits per heavy atom. The quantitative estimate of drug-likeness (QED) is 0.413. The molecule has 1 amide bonds. The molecule has 0 saturated heterocycles. The molecule has 6 heteroatoms. The van der Waals surface area contributed by atoms with E-state index in [1.165, 1.54) is 62.9 Å². The van der Waals surface area contributed by atoms with E-state index >= 15 is 0 Å². The lowest BCUT2D eigenvalue weighted by atomic mass is 10.1. The van der Waals surface area contributed by atoms with Gasteiger partial charge in [0.25, 0.3) is 0 Å². The molecule has 0 saturated carbocycles. The van der Waals surface area contributed by atoms with Gasteiger partial charge in [-0.2, -0.15) is 0 Å². The van der Waals surface area contributed by atoms with Crippen molar-refractivity contribution in [3.8, 4) is 17.0 Å². The van der Waals surface area contributed by atoms with Gasteiger partial charge in [-0.3, -0.25) is 0 Å². The third-order valence-electron chi connectivity index (χ3n) is 4.53. The fourth-order valence-electron chi connectivity index (χ4n) is 2.99. The van der Waals surface area contributed by atoms with Crippen LogP contribution in [0.2, 0.25) is 0 Å². The molecule has 27 heavy (non-hydrogen) atoms. The zero-order valence-electron chi connectivity index (χ0n) is 16.3. The van der Waals surface area contributed by atoms with Crippen LogP contribution in [0.25, 0.3) is 11.3 Å². The van der Waals surface area contributed by atoms with Crippen molar-refractivity contribution in [2.75, 3.05) is 6.54 Å². The summed E-state index contributed by atoms with van der Waals surface area (Å²) in [4.78, 5) is 12.0. The van der Waals surface area contributed by atoms with Gasteiger partial charge in [0.05, 0.1) is 0 Å². The summed E-state index contributed by atoms with van der Waals surface area (Å²) in [5, 5.41) is 8.71. The van der Waals surface area contributed by atoms with Gasteiger partial charge in [0.15, 0.2) is 0 Å². The molecule has 0 radical (unpaired) electrons. The molecule has 0 unspecified atom stereocenters. The number of unbranched alkanes of at least 4 members (excludes halogenated alkanes) is 9. The van der Waals surface area contributed by atoms with Crippen LogP contribution in [0, 0.1) is 0 Å². The number of carbonyl (C=O) groups is 1. The fraction of sp³-hybridized carbons (Fsp3) is 0.571. The van der Waals surface area contributed by atoms with Crippen molar-refractivity contribution >= 4 is 17.6 Å². The van der Waals surface area contributed by atoms with Gasteiger partial charge in [-0.25, -0.2) is 4.79 Å². The zero-order valence-corrected chi connectivity index (χ0v) is 17.1. The molecular formula is C21H31N3O2S. The van der Waals surface area contributed by atoms with Gasteiger partial charge in [0.1, 0.15) is 11.4 Å². The molecule has 1 aromatic carbocycles. The predicted molar refractivity (Wildman–Crippen MR) is 111 cm³/mol. The maximum absolute atomic E-state index is 12.0. The highest BCUT2D eigenvalue weighted by molar-refractivity contribution is 7.03. The summed E-state index contributed by atoms with van der Waals surface area (Å²) in [5.74, 6) is 0.505. The lowest BCUT2D eigenvalue weighted by Crippen LogP contribution is -2.27. The minimum atomic E-state index is -0.415. The van der Waals surface area contributed by atoms with Crippen LogP contribution in [-0.4, -0.2) is 22.2 Å². The van der Waals surface area contributed by atoms with Crippen molar-refractivity contribution in [1.29, 1.82) is 0 Å². The topological polar surface area (TPSA) is 64.1 Å². The number of hydrogen-bond acceptors (Lipinski definition) is 5. The summed E-state index contributed by atoms with van der Waals surface area (Å²) >= 11 is 1.27. The summed E-state index contributed by atoms with van der Waals surface area (Å²) in [7, 11) is 0. The number of nitrogens with zero attached hydrogens (tertiary/aromatic N) is 2. The second kappa shape index (κ2) is 13.3. The van der Waals surface area contributed by atoms with E-state index in [-0.39, 0.29) is 0 Å². The summed E-state index contributed by atoms with van der Waals surface area (Å²) in [6, 6.07) is 7.38. The maximum Gasteiger partial charge on any atom is 0.412 e. The molecule has 2 rings (SSSR count). The average Bonchev–Trinajstić information content (AvgIpc) is 3.21. The maximum atomic E-state index is 12.0. The highest BCUT2D eigenvalue weighted by atomic mass is 32.1. The lowest BCUT2D eigenvalue weighted by molar-refractivity contribution is 0.200. The first-order valence-electron chi connectivity index (χ1n) is 10.1. The minimum absolute atomic E-state index is 0.415. The first-order chi connectivity index (χ1) is 13.3. The van der Waals surface area contributed by atoms with Gasteiger partial charge >= 0.3 is 6.09 Å². The zero-order chi connectivity index (χ0) is 19.2. The molecular weight excluding hydrogens is 358 g/mol. The van der Waals surface area contributed by atoms with E-state index in [0.717, 1.165) is 24.1 Å². The van der Waals surface area contributed by atoms with Gasteiger partial charge in [-0.1, -0.05) is 81.3 Å². The van der Waals surface area contributed by atoms with Crippen LogP contribution < -0.4 is 10.1 Å². The first-order valence-corrected chi connectivity index (χ1v) is 11.0. The molecule has 0 bridgehead atoms. The Kier molecular flexibility index (Phi) is 10.5. The molecule has 0 aliphatic rings. The second-order valence-electron chi connectivity index (χ2n) is 6.78. The standard InChI is InChI=1S/C21H31N3O2S/c1-2-3-4-5-6-7-8-9-10-13-16-22-21(25)26-20-15-12-11-14-18(20)19-17-27-24-23-19/h11-12,14-15,17H,2-10,13,16H2,1H3,(H,22,25). The van der Waals surface area contributed by atoms with E-state index in [9.17, 15) is 4.79 Å². The van der Waals surface area contributed by atoms with Crippen LogP contribution in [0.5, 0.6) is 5.75 Å². The molecule has 0 fully saturated rings. The first kappa shape index (κ1) is 21.4. The van der Waals surface area contributed by atoms with Crippen LogP contribution in [0.3, 0.4) is 0 Å². The van der Waals surface area contributed by atoms with E-state index in [0.29, 0.717) is 12.3 Å². The van der Waals surface area contributed by atoms with Crippen LogP contribution >= 0.6 is 11.5 Å². The molecule has 148 valence electrons. The number of carbonyl (C=O) groups excluding carboxylic acids is 1. The van der Waals surface area contributed by atoms with E-state index in [1.807, 2.05) is 23.6 Å². The van der Waals surface area contributed by atoms with Gasteiger partial charge in [-0.05, 0) is 30.1 Å². The molecule has 0 spiro atoms. The number of ether oxygens (including phenoxy) is 1. The number of rotatable bonds is 13. The molecule has 5 nitrogen and oxygen atoms in total. The smallest absolute Gasteiger partial charge is 0.410 e.